The normalized spacial score (nSPS) is 11.5. The summed E-state index contributed by atoms with van der Waals surface area (Å²) < 4.78 is 55.8. The van der Waals surface area contributed by atoms with Gasteiger partial charge in [0.05, 0.1) is 42.5 Å². The molecular weight excluding hydrogens is 599 g/mol. The molecule has 5 rings (SSSR count). The number of carbonyl (C=O) groups is 2. The molecule has 44 heavy (non-hydrogen) atoms. The van der Waals surface area contributed by atoms with Gasteiger partial charge in [-0.05, 0) is 48.5 Å². The lowest BCUT2D eigenvalue weighted by Crippen LogP contribution is -2.19. The smallest absolute Gasteiger partial charge is 0.416 e. The van der Waals surface area contributed by atoms with Gasteiger partial charge in [0.2, 0.25) is 0 Å². The van der Waals surface area contributed by atoms with Gasteiger partial charge in [0.25, 0.3) is 5.91 Å². The van der Waals surface area contributed by atoms with Crippen molar-refractivity contribution in [2.75, 3.05) is 14.2 Å². The second-order valence-corrected chi connectivity index (χ2v) is 9.69. The van der Waals surface area contributed by atoms with Crippen molar-refractivity contribution in [3.05, 3.63) is 112 Å². The molecule has 0 fully saturated rings. The van der Waals surface area contributed by atoms with Gasteiger partial charge >= 0.3 is 12.1 Å². The Morgan fingerprint density at radius 1 is 0.886 bits per heavy atom. The Hall–Kier alpha value is -5.29. The topological polar surface area (TPSA) is 102 Å². The maximum atomic E-state index is 13.5. The summed E-state index contributed by atoms with van der Waals surface area (Å²) in [5.41, 5.74) is 3.13. The van der Waals surface area contributed by atoms with Crippen LogP contribution < -0.4 is 19.6 Å². The van der Waals surface area contributed by atoms with Crippen LogP contribution in [0, 0.1) is 0 Å². The van der Waals surface area contributed by atoms with E-state index in [4.69, 9.17) is 25.8 Å². The van der Waals surface area contributed by atoms with Crippen LogP contribution in [0.15, 0.2) is 90.0 Å². The molecule has 0 aliphatic rings. The van der Waals surface area contributed by atoms with Gasteiger partial charge < -0.3 is 19.2 Å². The number of hydrogen-bond donors (Lipinski definition) is 2. The molecule has 0 aliphatic heterocycles. The zero-order valence-corrected chi connectivity index (χ0v) is 23.9. The second kappa shape index (κ2) is 12.5. The summed E-state index contributed by atoms with van der Waals surface area (Å²) >= 11 is 6.54. The average Bonchev–Trinajstić information content (AvgIpc) is 3.42. The Kier molecular flexibility index (Phi) is 8.59. The predicted octanol–water partition coefficient (Wildman–Crippen LogP) is 7.51. The quantitative estimate of drug-likeness (QED) is 0.0808. The molecule has 1 heterocycles. The minimum Gasteiger partial charge on any atom is -0.496 e. The number of halogens is 4. The summed E-state index contributed by atoms with van der Waals surface area (Å²) in [6.45, 7) is 0. The summed E-state index contributed by atoms with van der Waals surface area (Å²) in [4.78, 5) is 29.3. The molecule has 0 radical (unpaired) electrons. The number of rotatable bonds is 8. The number of hydrogen-bond acceptors (Lipinski definition) is 6. The van der Waals surface area contributed by atoms with Gasteiger partial charge in [-0.3, -0.25) is 4.79 Å². The van der Waals surface area contributed by atoms with Crippen molar-refractivity contribution in [2.24, 2.45) is 5.10 Å². The number of aromatic amines is 1. The number of fused-ring (bicyclic) bond motifs is 1. The van der Waals surface area contributed by atoms with Crippen LogP contribution in [0.25, 0.3) is 22.0 Å². The number of aromatic nitrogens is 1. The van der Waals surface area contributed by atoms with Crippen molar-refractivity contribution in [3.63, 3.8) is 0 Å². The molecule has 1 aromatic heterocycles. The summed E-state index contributed by atoms with van der Waals surface area (Å²) in [5, 5.41) is 5.00. The number of nitrogens with zero attached hydrogens (tertiary/aromatic N) is 1. The first-order valence-electron chi connectivity index (χ1n) is 13.0. The fourth-order valence-corrected chi connectivity index (χ4v) is 4.80. The Bertz CT molecular complexity index is 1900. The molecule has 5 aromatic rings. The maximum Gasteiger partial charge on any atom is 0.416 e. The highest BCUT2D eigenvalue weighted by Gasteiger charge is 2.31. The van der Waals surface area contributed by atoms with Gasteiger partial charge in [0.1, 0.15) is 22.9 Å². The first-order valence-corrected chi connectivity index (χ1v) is 13.3. The van der Waals surface area contributed by atoms with Crippen LogP contribution in [-0.2, 0) is 6.18 Å². The third-order valence-electron chi connectivity index (χ3n) is 6.61. The van der Waals surface area contributed by atoms with Crippen molar-refractivity contribution < 1.29 is 37.0 Å². The number of methoxy groups -OCH3 is 2. The van der Waals surface area contributed by atoms with Gasteiger partial charge in [0.15, 0.2) is 0 Å². The highest BCUT2D eigenvalue weighted by atomic mass is 35.5. The molecule has 12 heteroatoms. The molecule has 8 nitrogen and oxygen atoms in total. The molecule has 2 N–H and O–H groups in total. The molecule has 0 spiro atoms. The maximum absolute atomic E-state index is 13.5. The van der Waals surface area contributed by atoms with E-state index in [1.54, 1.807) is 54.6 Å². The number of para-hydroxylation sites is 1. The van der Waals surface area contributed by atoms with Crippen LogP contribution in [0.5, 0.6) is 17.2 Å². The largest absolute Gasteiger partial charge is 0.496 e. The standard InChI is InChI=1S/C32H23ClF3N3O5/c1-42-24-14-15-25(43-2)28-27(24)26(21-11-4-5-12-22(21)33)29(38-28)30(40)39-37-17-19-8-3-6-13-23(19)44-31(41)18-9-7-10-20(16-18)32(34,35)36/h3-17,38H,1-2H3,(H,39,40). The van der Waals surface area contributed by atoms with Crippen molar-refractivity contribution in [1.29, 1.82) is 0 Å². The van der Waals surface area contributed by atoms with Crippen molar-refractivity contribution in [3.8, 4) is 28.4 Å². The number of ether oxygens (including phenoxy) is 3. The Morgan fingerprint density at radius 2 is 1.59 bits per heavy atom. The number of esters is 1. The molecule has 0 aliphatic carbocycles. The van der Waals surface area contributed by atoms with Crippen LogP contribution in [0.1, 0.15) is 32.0 Å². The number of H-pyrrole nitrogens is 1. The van der Waals surface area contributed by atoms with Gasteiger partial charge in [-0.1, -0.05) is 48.0 Å². The first kappa shape index (κ1) is 30.2. The predicted molar refractivity (Wildman–Crippen MR) is 160 cm³/mol. The Morgan fingerprint density at radius 3 is 2.32 bits per heavy atom. The highest BCUT2D eigenvalue weighted by Crippen LogP contribution is 2.44. The minimum absolute atomic E-state index is 0.0183. The number of carbonyl (C=O) groups excluding carboxylic acids is 2. The van der Waals surface area contributed by atoms with E-state index in [1.165, 1.54) is 32.6 Å². The van der Waals surface area contributed by atoms with Crippen LogP contribution in [-0.4, -0.2) is 37.3 Å². The fourth-order valence-electron chi connectivity index (χ4n) is 4.57. The van der Waals surface area contributed by atoms with E-state index in [2.05, 4.69) is 15.5 Å². The van der Waals surface area contributed by atoms with Crippen molar-refractivity contribution >= 4 is 40.6 Å². The van der Waals surface area contributed by atoms with E-state index in [1.807, 2.05) is 0 Å². The van der Waals surface area contributed by atoms with Gasteiger partial charge in [-0.2, -0.15) is 18.3 Å². The lowest BCUT2D eigenvalue weighted by Gasteiger charge is -2.10. The van der Waals surface area contributed by atoms with E-state index in [0.717, 1.165) is 12.1 Å². The highest BCUT2D eigenvalue weighted by molar-refractivity contribution is 6.34. The van der Waals surface area contributed by atoms with Crippen molar-refractivity contribution in [2.45, 2.75) is 6.18 Å². The molecule has 0 saturated carbocycles. The lowest BCUT2D eigenvalue weighted by atomic mass is 10.0. The minimum atomic E-state index is -4.62. The molecular formula is C32H23ClF3N3O5. The molecule has 0 atom stereocenters. The molecule has 0 bridgehead atoms. The molecule has 0 unspecified atom stereocenters. The second-order valence-electron chi connectivity index (χ2n) is 9.28. The third kappa shape index (κ3) is 6.09. The van der Waals surface area contributed by atoms with E-state index in [9.17, 15) is 22.8 Å². The number of nitrogens with one attached hydrogen (secondary N) is 2. The Balaban J connectivity index is 1.45. The van der Waals surface area contributed by atoms with Crippen LogP contribution >= 0.6 is 11.6 Å². The zero-order valence-electron chi connectivity index (χ0n) is 23.2. The van der Waals surface area contributed by atoms with Crippen LogP contribution in [0.3, 0.4) is 0 Å². The van der Waals surface area contributed by atoms with Crippen molar-refractivity contribution in [1.82, 2.24) is 10.4 Å². The summed E-state index contributed by atoms with van der Waals surface area (Å²) in [6.07, 6.45) is -3.38. The average molecular weight is 622 g/mol. The lowest BCUT2D eigenvalue weighted by molar-refractivity contribution is -0.137. The van der Waals surface area contributed by atoms with Crippen LogP contribution in [0.4, 0.5) is 13.2 Å². The molecule has 224 valence electrons. The number of alkyl halides is 3. The van der Waals surface area contributed by atoms with E-state index < -0.39 is 23.6 Å². The zero-order chi connectivity index (χ0) is 31.4. The SMILES string of the molecule is COc1ccc(OC)c2c(-c3ccccc3Cl)c(C(=O)NN=Cc3ccccc3OC(=O)c3cccc(C(F)(F)F)c3)[nH]c12. The van der Waals surface area contributed by atoms with E-state index in [-0.39, 0.29) is 22.6 Å². The first-order chi connectivity index (χ1) is 21.1. The molecule has 0 saturated heterocycles. The molecule has 1 amide bonds. The Labute approximate surface area is 254 Å². The number of amides is 1. The summed E-state index contributed by atoms with van der Waals surface area (Å²) in [5.74, 6) is -0.662. The van der Waals surface area contributed by atoms with Crippen LogP contribution in [0.2, 0.25) is 5.02 Å². The fraction of sp³-hybridized carbons (Fsp3) is 0.0938. The number of hydrazone groups is 1. The third-order valence-corrected chi connectivity index (χ3v) is 6.94. The van der Waals surface area contributed by atoms with E-state index in [0.29, 0.717) is 44.6 Å². The molecule has 4 aromatic carbocycles. The number of benzene rings is 4. The summed E-state index contributed by atoms with van der Waals surface area (Å²) in [7, 11) is 3.00. The van der Waals surface area contributed by atoms with E-state index >= 15 is 0 Å². The monoisotopic (exact) mass is 621 g/mol. The van der Waals surface area contributed by atoms with Gasteiger partial charge in [-0.25, -0.2) is 10.2 Å². The van der Waals surface area contributed by atoms with Gasteiger partial charge in [-0.15, -0.1) is 0 Å². The van der Waals surface area contributed by atoms with Gasteiger partial charge in [0, 0.05) is 21.7 Å². The summed E-state index contributed by atoms with van der Waals surface area (Å²) in [6, 6.07) is 20.5.